The van der Waals surface area contributed by atoms with Crippen molar-refractivity contribution in [2.24, 2.45) is 5.92 Å². The van der Waals surface area contributed by atoms with Crippen LogP contribution in [0.4, 0.5) is 0 Å². The lowest BCUT2D eigenvalue weighted by atomic mass is 10.00. The molecule has 3 heteroatoms. The van der Waals surface area contributed by atoms with Crippen LogP contribution in [-0.2, 0) is 4.79 Å². The molecule has 1 saturated carbocycles. The molecule has 2 N–H and O–H groups in total. The van der Waals surface area contributed by atoms with E-state index in [4.69, 9.17) is 0 Å². The van der Waals surface area contributed by atoms with E-state index in [0.717, 1.165) is 0 Å². The van der Waals surface area contributed by atoms with E-state index in [1.165, 1.54) is 25.7 Å². The molecular weight excluding hydrogens is 164 g/mol. The minimum Gasteiger partial charge on any atom is -0.352 e. The number of hydrogen-bond donors (Lipinski definition) is 2. The van der Waals surface area contributed by atoms with E-state index in [0.29, 0.717) is 18.5 Å². The number of carbonyl (C=O) groups excluding carboxylic acids is 1. The van der Waals surface area contributed by atoms with Crippen LogP contribution in [0, 0.1) is 5.92 Å². The summed E-state index contributed by atoms with van der Waals surface area (Å²) in [5, 5.41) is 5.87. The molecule has 3 nitrogen and oxygen atoms in total. The van der Waals surface area contributed by atoms with Gasteiger partial charge in [-0.25, -0.2) is 0 Å². The van der Waals surface area contributed by atoms with Gasteiger partial charge in [-0.3, -0.25) is 4.79 Å². The molecule has 76 valence electrons. The highest BCUT2D eigenvalue weighted by Gasteiger charge is 2.22. The summed E-state index contributed by atoms with van der Waals surface area (Å²) in [6, 6.07) is 0.350. The summed E-state index contributed by atoms with van der Waals surface area (Å²) in [5.41, 5.74) is 0. The Kier molecular flexibility index (Phi) is 4.22. The van der Waals surface area contributed by atoms with Crippen molar-refractivity contribution in [3.05, 3.63) is 0 Å². The van der Waals surface area contributed by atoms with Gasteiger partial charge >= 0.3 is 0 Å². The van der Waals surface area contributed by atoms with Gasteiger partial charge in [0.15, 0.2) is 0 Å². The van der Waals surface area contributed by atoms with Gasteiger partial charge in [0.25, 0.3) is 0 Å². The molecule has 0 bridgehead atoms. The van der Waals surface area contributed by atoms with Crippen molar-refractivity contribution in [1.82, 2.24) is 10.6 Å². The first-order valence-corrected chi connectivity index (χ1v) is 5.18. The van der Waals surface area contributed by atoms with Crippen LogP contribution in [0.15, 0.2) is 0 Å². The first-order chi connectivity index (χ1) is 6.24. The van der Waals surface area contributed by atoms with Crippen molar-refractivity contribution in [1.29, 1.82) is 0 Å². The summed E-state index contributed by atoms with van der Waals surface area (Å²) < 4.78 is 0. The number of likely N-dealkylation sites (N-methyl/N-ethyl adjacent to an activating group) is 1. The molecule has 0 aliphatic heterocycles. The average Bonchev–Trinajstić information content (AvgIpc) is 2.55. The Morgan fingerprint density at radius 2 is 2.08 bits per heavy atom. The zero-order valence-corrected chi connectivity index (χ0v) is 8.60. The summed E-state index contributed by atoms with van der Waals surface area (Å²) in [5.74, 6) is 0.822. The van der Waals surface area contributed by atoms with Crippen LogP contribution < -0.4 is 10.6 Å². The van der Waals surface area contributed by atoms with E-state index in [1.54, 1.807) is 7.05 Å². The van der Waals surface area contributed by atoms with Crippen molar-refractivity contribution in [2.45, 2.75) is 38.6 Å². The van der Waals surface area contributed by atoms with Gasteiger partial charge in [-0.1, -0.05) is 12.8 Å². The van der Waals surface area contributed by atoms with Gasteiger partial charge in [-0.05, 0) is 32.7 Å². The lowest BCUT2D eigenvalue weighted by Crippen LogP contribution is -2.41. The highest BCUT2D eigenvalue weighted by Crippen LogP contribution is 2.27. The fourth-order valence-corrected chi connectivity index (χ4v) is 2.04. The molecule has 1 fully saturated rings. The van der Waals surface area contributed by atoms with Gasteiger partial charge in [-0.15, -0.1) is 0 Å². The van der Waals surface area contributed by atoms with Crippen molar-refractivity contribution in [3.8, 4) is 0 Å². The number of amides is 1. The SMILES string of the molecule is CNCC(=O)N[C@@H](C)C1CCCC1. The summed E-state index contributed by atoms with van der Waals surface area (Å²) in [6.45, 7) is 2.54. The molecule has 13 heavy (non-hydrogen) atoms. The van der Waals surface area contributed by atoms with Gasteiger partial charge in [0.1, 0.15) is 0 Å². The fourth-order valence-electron chi connectivity index (χ4n) is 2.04. The first kappa shape index (κ1) is 10.5. The van der Waals surface area contributed by atoms with Crippen molar-refractivity contribution in [2.75, 3.05) is 13.6 Å². The van der Waals surface area contributed by atoms with Crippen molar-refractivity contribution in [3.63, 3.8) is 0 Å². The number of hydrogen-bond acceptors (Lipinski definition) is 2. The van der Waals surface area contributed by atoms with Crippen LogP contribution in [0.25, 0.3) is 0 Å². The second-order valence-corrected chi connectivity index (χ2v) is 3.93. The zero-order chi connectivity index (χ0) is 9.68. The van der Waals surface area contributed by atoms with E-state index in [1.807, 2.05) is 0 Å². The maximum Gasteiger partial charge on any atom is 0.234 e. The summed E-state index contributed by atoms with van der Waals surface area (Å²) >= 11 is 0. The van der Waals surface area contributed by atoms with E-state index in [-0.39, 0.29) is 5.91 Å². The van der Waals surface area contributed by atoms with Crippen LogP contribution in [0.2, 0.25) is 0 Å². The van der Waals surface area contributed by atoms with Crippen LogP contribution in [0.1, 0.15) is 32.6 Å². The highest BCUT2D eigenvalue weighted by atomic mass is 16.1. The predicted octanol–water partition coefficient (Wildman–Crippen LogP) is 0.901. The quantitative estimate of drug-likeness (QED) is 0.681. The van der Waals surface area contributed by atoms with Gasteiger partial charge in [0, 0.05) is 6.04 Å². The third kappa shape index (κ3) is 3.35. The van der Waals surface area contributed by atoms with Gasteiger partial charge in [-0.2, -0.15) is 0 Å². The maximum atomic E-state index is 11.2. The molecule has 1 rings (SSSR count). The number of carbonyl (C=O) groups is 1. The molecule has 0 saturated heterocycles. The molecule has 0 aromatic heterocycles. The highest BCUT2D eigenvalue weighted by molar-refractivity contribution is 5.78. The van der Waals surface area contributed by atoms with Crippen LogP contribution in [0.3, 0.4) is 0 Å². The van der Waals surface area contributed by atoms with E-state index in [2.05, 4.69) is 17.6 Å². The van der Waals surface area contributed by atoms with Crippen LogP contribution in [-0.4, -0.2) is 25.5 Å². The second-order valence-electron chi connectivity index (χ2n) is 3.93. The Morgan fingerprint density at radius 1 is 1.46 bits per heavy atom. The van der Waals surface area contributed by atoms with Crippen molar-refractivity contribution >= 4 is 5.91 Å². The lowest BCUT2D eigenvalue weighted by molar-refractivity contribution is -0.121. The molecule has 1 amide bonds. The molecule has 1 aliphatic carbocycles. The normalized spacial score (nSPS) is 20.2. The summed E-state index contributed by atoms with van der Waals surface area (Å²) in [6.07, 6.45) is 5.22. The molecule has 0 spiro atoms. The standard InChI is InChI=1S/C10H20N2O/c1-8(9-5-3-4-6-9)12-10(13)7-11-2/h8-9,11H,3-7H2,1-2H3,(H,12,13)/t8-/m0/s1. The third-order valence-corrected chi connectivity index (χ3v) is 2.83. The Morgan fingerprint density at radius 3 is 2.62 bits per heavy atom. The van der Waals surface area contributed by atoms with Crippen LogP contribution >= 0.6 is 0 Å². The monoisotopic (exact) mass is 184 g/mol. The zero-order valence-electron chi connectivity index (χ0n) is 8.60. The van der Waals surface area contributed by atoms with Gasteiger partial charge in [0.2, 0.25) is 5.91 Å². The number of rotatable bonds is 4. The van der Waals surface area contributed by atoms with Gasteiger partial charge in [0.05, 0.1) is 6.54 Å². The Bertz CT molecular complexity index is 164. The molecule has 0 heterocycles. The predicted molar refractivity (Wildman–Crippen MR) is 53.5 cm³/mol. The van der Waals surface area contributed by atoms with E-state index >= 15 is 0 Å². The fraction of sp³-hybridized carbons (Fsp3) is 0.900. The molecule has 0 aromatic carbocycles. The molecule has 0 aromatic rings. The van der Waals surface area contributed by atoms with Gasteiger partial charge < -0.3 is 10.6 Å². The Balaban J connectivity index is 2.22. The Hall–Kier alpha value is -0.570. The summed E-state index contributed by atoms with van der Waals surface area (Å²) in [7, 11) is 1.79. The lowest BCUT2D eigenvalue weighted by Gasteiger charge is -2.20. The maximum absolute atomic E-state index is 11.2. The molecular formula is C10H20N2O. The summed E-state index contributed by atoms with van der Waals surface area (Å²) in [4.78, 5) is 11.2. The molecule has 0 unspecified atom stereocenters. The molecule has 1 atom stereocenters. The molecule has 0 radical (unpaired) electrons. The first-order valence-electron chi connectivity index (χ1n) is 5.18. The number of nitrogens with one attached hydrogen (secondary N) is 2. The largest absolute Gasteiger partial charge is 0.352 e. The molecule has 1 aliphatic rings. The minimum absolute atomic E-state index is 0.113. The van der Waals surface area contributed by atoms with E-state index in [9.17, 15) is 4.79 Å². The second kappa shape index (κ2) is 5.22. The average molecular weight is 184 g/mol. The minimum atomic E-state index is 0.113. The van der Waals surface area contributed by atoms with E-state index < -0.39 is 0 Å². The smallest absolute Gasteiger partial charge is 0.234 e. The topological polar surface area (TPSA) is 41.1 Å². The van der Waals surface area contributed by atoms with Crippen LogP contribution in [0.5, 0.6) is 0 Å². The third-order valence-electron chi connectivity index (χ3n) is 2.83. The Labute approximate surface area is 80.3 Å². The van der Waals surface area contributed by atoms with Crippen molar-refractivity contribution < 1.29 is 4.79 Å².